The monoisotopic (exact) mass is 250 g/mol. The highest BCUT2D eigenvalue weighted by molar-refractivity contribution is 5.48. The molecule has 0 unspecified atom stereocenters. The van der Waals surface area contributed by atoms with E-state index in [0.29, 0.717) is 5.88 Å². The first-order valence-corrected chi connectivity index (χ1v) is 6.51. The van der Waals surface area contributed by atoms with Crippen molar-refractivity contribution in [3.63, 3.8) is 0 Å². The smallest absolute Gasteiger partial charge is 0.214 e. The van der Waals surface area contributed by atoms with Crippen molar-refractivity contribution in [2.45, 2.75) is 6.42 Å². The van der Waals surface area contributed by atoms with Crippen molar-refractivity contribution in [3.8, 4) is 5.88 Å². The fourth-order valence-electron chi connectivity index (χ4n) is 2.34. The van der Waals surface area contributed by atoms with Crippen LogP contribution in [0.4, 0.5) is 5.69 Å². The van der Waals surface area contributed by atoms with E-state index in [1.54, 1.807) is 13.3 Å². The molecule has 0 spiro atoms. The topological polar surface area (TPSA) is 54.6 Å². The summed E-state index contributed by atoms with van der Waals surface area (Å²) in [5, 5.41) is 0. The highest BCUT2D eigenvalue weighted by Crippen LogP contribution is 2.19. The molecule has 2 heterocycles. The van der Waals surface area contributed by atoms with Crippen LogP contribution >= 0.6 is 0 Å². The largest absolute Gasteiger partial charge is 0.481 e. The van der Waals surface area contributed by atoms with Crippen molar-refractivity contribution in [3.05, 3.63) is 18.3 Å². The maximum atomic E-state index is 5.61. The second-order valence-corrected chi connectivity index (χ2v) is 4.53. The number of aromatic nitrogens is 1. The Balaban J connectivity index is 2.00. The van der Waals surface area contributed by atoms with Crippen molar-refractivity contribution in [2.24, 2.45) is 5.73 Å². The summed E-state index contributed by atoms with van der Waals surface area (Å²) < 4.78 is 5.17. The zero-order valence-electron chi connectivity index (χ0n) is 11.0. The van der Waals surface area contributed by atoms with Crippen LogP contribution in [0, 0.1) is 0 Å². The first kappa shape index (κ1) is 13.1. The van der Waals surface area contributed by atoms with Crippen molar-refractivity contribution >= 4 is 5.69 Å². The highest BCUT2D eigenvalue weighted by Gasteiger charge is 2.15. The lowest BCUT2D eigenvalue weighted by molar-refractivity contribution is 0.302. The van der Waals surface area contributed by atoms with Crippen LogP contribution in [0.25, 0.3) is 0 Å². The van der Waals surface area contributed by atoms with Gasteiger partial charge in [-0.15, -0.1) is 0 Å². The Morgan fingerprint density at radius 2 is 2.22 bits per heavy atom. The third-order valence-corrected chi connectivity index (χ3v) is 3.33. The molecule has 18 heavy (non-hydrogen) atoms. The Kier molecular flexibility index (Phi) is 4.78. The van der Waals surface area contributed by atoms with E-state index >= 15 is 0 Å². The molecule has 0 atom stereocenters. The van der Waals surface area contributed by atoms with E-state index in [2.05, 4.69) is 14.8 Å². The van der Waals surface area contributed by atoms with Gasteiger partial charge in [0, 0.05) is 50.7 Å². The van der Waals surface area contributed by atoms with E-state index < -0.39 is 0 Å². The molecule has 0 bridgehead atoms. The summed E-state index contributed by atoms with van der Waals surface area (Å²) in [6.07, 6.45) is 2.97. The third kappa shape index (κ3) is 3.34. The number of pyridine rings is 1. The molecule has 100 valence electrons. The quantitative estimate of drug-likeness (QED) is 0.846. The van der Waals surface area contributed by atoms with Gasteiger partial charge in [0.05, 0.1) is 7.11 Å². The summed E-state index contributed by atoms with van der Waals surface area (Å²) in [6, 6.07) is 4.04. The summed E-state index contributed by atoms with van der Waals surface area (Å²) in [7, 11) is 1.65. The zero-order chi connectivity index (χ0) is 12.8. The van der Waals surface area contributed by atoms with Gasteiger partial charge < -0.3 is 20.3 Å². The standard InChI is InChI=1S/C13H22N4O/c1-18-13-11-12(3-5-15-13)17-7-2-6-16(8-4-14)9-10-17/h3,5,11H,2,4,6-10,14H2,1H3. The molecule has 1 aromatic rings. The number of methoxy groups -OCH3 is 1. The van der Waals surface area contributed by atoms with Crippen LogP contribution in [0.1, 0.15) is 6.42 Å². The minimum absolute atomic E-state index is 0.676. The number of rotatable bonds is 4. The number of hydrogen-bond donors (Lipinski definition) is 1. The number of hydrogen-bond acceptors (Lipinski definition) is 5. The molecule has 1 aromatic heterocycles. The van der Waals surface area contributed by atoms with E-state index in [0.717, 1.165) is 39.3 Å². The van der Waals surface area contributed by atoms with E-state index in [1.807, 2.05) is 12.1 Å². The maximum Gasteiger partial charge on any atom is 0.214 e. The molecule has 1 aliphatic rings. The first-order valence-electron chi connectivity index (χ1n) is 6.51. The van der Waals surface area contributed by atoms with Gasteiger partial charge in [-0.05, 0) is 19.0 Å². The van der Waals surface area contributed by atoms with Gasteiger partial charge in [-0.1, -0.05) is 0 Å². The van der Waals surface area contributed by atoms with Gasteiger partial charge >= 0.3 is 0 Å². The molecule has 0 aromatic carbocycles. The first-order chi connectivity index (χ1) is 8.83. The van der Waals surface area contributed by atoms with Crippen molar-refractivity contribution < 1.29 is 4.74 Å². The van der Waals surface area contributed by atoms with Gasteiger partial charge in [-0.2, -0.15) is 0 Å². The molecule has 1 aliphatic heterocycles. The van der Waals surface area contributed by atoms with Gasteiger partial charge in [0.1, 0.15) is 0 Å². The minimum atomic E-state index is 0.676. The Labute approximate surface area is 109 Å². The molecule has 1 saturated heterocycles. The summed E-state index contributed by atoms with van der Waals surface area (Å²) >= 11 is 0. The summed E-state index contributed by atoms with van der Waals surface area (Å²) in [5.41, 5.74) is 6.81. The predicted molar refractivity (Wildman–Crippen MR) is 73.1 cm³/mol. The lowest BCUT2D eigenvalue weighted by Crippen LogP contribution is -2.33. The maximum absolute atomic E-state index is 5.61. The fourth-order valence-corrected chi connectivity index (χ4v) is 2.34. The average Bonchev–Trinajstić information content (AvgIpc) is 2.65. The average molecular weight is 250 g/mol. The predicted octanol–water partition coefficient (Wildman–Crippen LogP) is 0.561. The molecule has 0 aliphatic carbocycles. The second kappa shape index (κ2) is 6.56. The van der Waals surface area contributed by atoms with Crippen LogP contribution in [0.2, 0.25) is 0 Å². The van der Waals surface area contributed by atoms with E-state index in [-0.39, 0.29) is 0 Å². The molecule has 0 amide bonds. The number of nitrogens with two attached hydrogens (primary N) is 1. The molecular formula is C13H22N4O. The van der Waals surface area contributed by atoms with Gasteiger partial charge in [0.2, 0.25) is 5.88 Å². The Morgan fingerprint density at radius 3 is 3.00 bits per heavy atom. The molecular weight excluding hydrogens is 228 g/mol. The van der Waals surface area contributed by atoms with E-state index in [9.17, 15) is 0 Å². The number of nitrogens with zero attached hydrogens (tertiary/aromatic N) is 3. The van der Waals surface area contributed by atoms with Crippen molar-refractivity contribution in [2.75, 3.05) is 51.3 Å². The minimum Gasteiger partial charge on any atom is -0.481 e. The van der Waals surface area contributed by atoms with Gasteiger partial charge in [0.25, 0.3) is 0 Å². The lowest BCUT2D eigenvalue weighted by Gasteiger charge is -2.23. The third-order valence-electron chi connectivity index (χ3n) is 3.33. The molecule has 5 heteroatoms. The SMILES string of the molecule is COc1cc(N2CCCN(CCN)CC2)ccn1. The van der Waals surface area contributed by atoms with Crippen LogP contribution in [-0.2, 0) is 0 Å². The fraction of sp³-hybridized carbons (Fsp3) is 0.615. The summed E-state index contributed by atoms with van der Waals surface area (Å²) in [6.45, 7) is 6.05. The molecule has 5 nitrogen and oxygen atoms in total. The number of anilines is 1. The zero-order valence-corrected chi connectivity index (χ0v) is 11.0. The van der Waals surface area contributed by atoms with Crippen LogP contribution in [0.3, 0.4) is 0 Å². The highest BCUT2D eigenvalue weighted by atomic mass is 16.5. The van der Waals surface area contributed by atoms with E-state index in [1.165, 1.54) is 12.1 Å². The van der Waals surface area contributed by atoms with Crippen molar-refractivity contribution in [1.29, 1.82) is 0 Å². The lowest BCUT2D eigenvalue weighted by atomic mass is 10.3. The molecule has 2 N–H and O–H groups in total. The van der Waals surface area contributed by atoms with Gasteiger partial charge in [0.15, 0.2) is 0 Å². The Hall–Kier alpha value is -1.33. The van der Waals surface area contributed by atoms with Gasteiger partial charge in [-0.3, -0.25) is 0 Å². The molecule has 1 fully saturated rings. The molecule has 2 rings (SSSR count). The van der Waals surface area contributed by atoms with Crippen LogP contribution in [-0.4, -0.2) is 56.3 Å². The van der Waals surface area contributed by atoms with Gasteiger partial charge in [-0.25, -0.2) is 4.98 Å². The number of ether oxygens (including phenoxy) is 1. The van der Waals surface area contributed by atoms with Crippen LogP contribution in [0.15, 0.2) is 18.3 Å². The molecule has 0 saturated carbocycles. The Morgan fingerprint density at radius 1 is 1.33 bits per heavy atom. The van der Waals surface area contributed by atoms with Crippen LogP contribution in [0.5, 0.6) is 5.88 Å². The summed E-state index contributed by atoms with van der Waals surface area (Å²) in [4.78, 5) is 8.96. The summed E-state index contributed by atoms with van der Waals surface area (Å²) in [5.74, 6) is 0.676. The van der Waals surface area contributed by atoms with Crippen LogP contribution < -0.4 is 15.4 Å². The van der Waals surface area contributed by atoms with E-state index in [4.69, 9.17) is 10.5 Å². The van der Waals surface area contributed by atoms with Crippen molar-refractivity contribution in [1.82, 2.24) is 9.88 Å². The second-order valence-electron chi connectivity index (χ2n) is 4.53. The molecule has 0 radical (unpaired) electrons. The normalized spacial score (nSPS) is 17.6. The Bertz CT molecular complexity index is 372.